The molecule has 2 fully saturated rings. The van der Waals surface area contributed by atoms with Gasteiger partial charge in [-0.2, -0.15) is 0 Å². The molecule has 1 N–H and O–H groups in total. The molecular weight excluding hydrogens is 252 g/mol. The molecule has 0 saturated carbocycles. The Labute approximate surface area is 117 Å². The Morgan fingerprint density at radius 2 is 2.20 bits per heavy atom. The van der Waals surface area contributed by atoms with Crippen molar-refractivity contribution in [1.29, 1.82) is 0 Å². The van der Waals surface area contributed by atoms with E-state index in [2.05, 4.69) is 21.9 Å². The van der Waals surface area contributed by atoms with Crippen LogP contribution in [0.5, 0.6) is 0 Å². The molecule has 2 aromatic rings. The lowest BCUT2D eigenvalue weighted by molar-refractivity contribution is 0.0294. The summed E-state index contributed by atoms with van der Waals surface area (Å²) >= 11 is 0. The van der Waals surface area contributed by atoms with E-state index in [1.807, 2.05) is 23.1 Å². The highest BCUT2D eigenvalue weighted by atomic mass is 16.2. The van der Waals surface area contributed by atoms with Crippen LogP contribution >= 0.6 is 0 Å². The van der Waals surface area contributed by atoms with Crippen molar-refractivity contribution in [3.63, 3.8) is 0 Å². The van der Waals surface area contributed by atoms with Crippen molar-refractivity contribution in [2.24, 2.45) is 5.41 Å². The maximum absolute atomic E-state index is 12.7. The number of fused-ring (bicyclic) bond motifs is 1. The van der Waals surface area contributed by atoms with Crippen LogP contribution in [0, 0.1) is 5.41 Å². The van der Waals surface area contributed by atoms with Crippen LogP contribution in [0.1, 0.15) is 16.8 Å². The zero-order chi connectivity index (χ0) is 13.7. The summed E-state index contributed by atoms with van der Waals surface area (Å²) in [5.74, 6) is 0.120. The van der Waals surface area contributed by atoms with Gasteiger partial charge in [0, 0.05) is 31.6 Å². The van der Waals surface area contributed by atoms with E-state index in [1.54, 1.807) is 6.33 Å². The fraction of sp³-hybridized carbons (Fsp3) is 0.467. The number of aromatic amines is 1. The van der Waals surface area contributed by atoms with E-state index in [1.165, 1.54) is 0 Å². The van der Waals surface area contributed by atoms with Crippen LogP contribution in [0.25, 0.3) is 11.0 Å². The number of carbonyl (C=O) groups is 1. The molecule has 104 valence electrons. The van der Waals surface area contributed by atoms with Gasteiger partial charge in [0.05, 0.1) is 17.4 Å². The number of benzene rings is 1. The first-order chi connectivity index (χ1) is 9.67. The van der Waals surface area contributed by atoms with Crippen molar-refractivity contribution in [3.8, 4) is 0 Å². The molecule has 20 heavy (non-hydrogen) atoms. The normalized spacial score (nSPS) is 21.6. The number of nitrogens with one attached hydrogen (secondary N) is 1. The van der Waals surface area contributed by atoms with Gasteiger partial charge in [-0.1, -0.05) is 6.07 Å². The van der Waals surface area contributed by atoms with Gasteiger partial charge >= 0.3 is 0 Å². The third-order valence-corrected chi connectivity index (χ3v) is 4.62. The molecule has 4 rings (SSSR count). The summed E-state index contributed by atoms with van der Waals surface area (Å²) in [5.41, 5.74) is 2.77. The summed E-state index contributed by atoms with van der Waals surface area (Å²) < 4.78 is 0. The second-order valence-corrected chi connectivity index (χ2v) is 6.25. The summed E-state index contributed by atoms with van der Waals surface area (Å²) in [6.45, 7) is 3.98. The van der Waals surface area contributed by atoms with Crippen LogP contribution in [-0.2, 0) is 0 Å². The Morgan fingerprint density at radius 1 is 1.35 bits per heavy atom. The van der Waals surface area contributed by atoms with E-state index in [-0.39, 0.29) is 5.91 Å². The molecule has 1 aromatic carbocycles. The van der Waals surface area contributed by atoms with Crippen molar-refractivity contribution in [2.75, 3.05) is 33.2 Å². The lowest BCUT2D eigenvalue weighted by Gasteiger charge is -2.46. The topological polar surface area (TPSA) is 52.2 Å². The third-order valence-electron chi connectivity index (χ3n) is 4.62. The van der Waals surface area contributed by atoms with Gasteiger partial charge in [0.1, 0.15) is 5.52 Å². The van der Waals surface area contributed by atoms with Crippen molar-refractivity contribution in [1.82, 2.24) is 19.8 Å². The second kappa shape index (κ2) is 4.06. The van der Waals surface area contributed by atoms with Gasteiger partial charge in [-0.15, -0.1) is 0 Å². The van der Waals surface area contributed by atoms with Gasteiger partial charge in [-0.3, -0.25) is 4.79 Å². The van der Waals surface area contributed by atoms with Crippen LogP contribution < -0.4 is 0 Å². The fourth-order valence-corrected chi connectivity index (χ4v) is 3.77. The number of aromatic nitrogens is 2. The molecule has 1 spiro atoms. The van der Waals surface area contributed by atoms with Crippen molar-refractivity contribution in [2.45, 2.75) is 6.42 Å². The highest BCUT2D eigenvalue weighted by Crippen LogP contribution is 2.39. The van der Waals surface area contributed by atoms with Crippen LogP contribution in [0.15, 0.2) is 24.5 Å². The Balaban J connectivity index is 1.60. The molecule has 0 radical (unpaired) electrons. The number of H-pyrrole nitrogens is 1. The van der Waals surface area contributed by atoms with E-state index >= 15 is 0 Å². The number of hydrogen-bond acceptors (Lipinski definition) is 3. The third kappa shape index (κ3) is 1.66. The molecule has 0 bridgehead atoms. The molecule has 2 aliphatic rings. The number of likely N-dealkylation sites (tertiary alicyclic amines) is 2. The zero-order valence-corrected chi connectivity index (χ0v) is 11.6. The second-order valence-electron chi connectivity index (χ2n) is 6.25. The van der Waals surface area contributed by atoms with Gasteiger partial charge in [-0.05, 0) is 25.6 Å². The van der Waals surface area contributed by atoms with Gasteiger partial charge in [0.15, 0.2) is 0 Å². The molecule has 3 heterocycles. The SMILES string of the molecule is CN1CC2(CCN(C(=O)c3cccc4[nH]cnc34)C2)C1. The first-order valence-electron chi connectivity index (χ1n) is 7.07. The van der Waals surface area contributed by atoms with Gasteiger partial charge in [-0.25, -0.2) is 4.98 Å². The van der Waals surface area contributed by atoms with Crippen LogP contribution in [0.2, 0.25) is 0 Å². The predicted octanol–water partition coefficient (Wildman–Crippen LogP) is 1.34. The number of nitrogens with zero attached hydrogens (tertiary/aromatic N) is 3. The van der Waals surface area contributed by atoms with Crippen molar-refractivity contribution in [3.05, 3.63) is 30.1 Å². The predicted molar refractivity (Wildman–Crippen MR) is 76.5 cm³/mol. The molecular formula is C15H18N4O. The molecule has 2 aliphatic heterocycles. The standard InChI is InChI=1S/C15H18N4O/c1-18-7-15(8-18)5-6-19(9-15)14(20)11-3-2-4-12-13(11)17-10-16-12/h2-4,10H,5-9H2,1H3,(H,16,17). The van der Waals surface area contributed by atoms with Gasteiger partial charge in [0.25, 0.3) is 5.91 Å². The maximum Gasteiger partial charge on any atom is 0.256 e. The minimum absolute atomic E-state index is 0.120. The molecule has 0 unspecified atom stereocenters. The van der Waals surface area contributed by atoms with Crippen LogP contribution in [0.3, 0.4) is 0 Å². The summed E-state index contributed by atoms with van der Waals surface area (Å²) in [5, 5.41) is 0. The minimum Gasteiger partial charge on any atom is -0.345 e. The first-order valence-corrected chi connectivity index (χ1v) is 7.07. The monoisotopic (exact) mass is 270 g/mol. The number of amides is 1. The molecule has 0 aliphatic carbocycles. The van der Waals surface area contributed by atoms with Gasteiger partial charge < -0.3 is 14.8 Å². The molecule has 2 saturated heterocycles. The molecule has 1 aromatic heterocycles. The fourth-order valence-electron chi connectivity index (χ4n) is 3.77. The summed E-state index contributed by atoms with van der Waals surface area (Å²) in [4.78, 5) is 24.4. The van der Waals surface area contributed by atoms with Crippen molar-refractivity contribution >= 4 is 16.9 Å². The van der Waals surface area contributed by atoms with Crippen LogP contribution in [0.4, 0.5) is 0 Å². The number of para-hydroxylation sites is 1. The highest BCUT2D eigenvalue weighted by Gasteiger charge is 2.47. The van der Waals surface area contributed by atoms with E-state index in [4.69, 9.17) is 0 Å². The highest BCUT2D eigenvalue weighted by molar-refractivity contribution is 6.04. The average Bonchev–Trinajstić information content (AvgIpc) is 3.03. The summed E-state index contributed by atoms with van der Waals surface area (Å²) in [6.07, 6.45) is 2.77. The molecule has 1 amide bonds. The lowest BCUT2D eigenvalue weighted by atomic mass is 9.79. The number of imidazole rings is 1. The van der Waals surface area contributed by atoms with Gasteiger partial charge in [0.2, 0.25) is 0 Å². The molecule has 5 nitrogen and oxygen atoms in total. The Hall–Kier alpha value is -1.88. The Kier molecular flexibility index (Phi) is 2.41. The van der Waals surface area contributed by atoms with E-state index in [9.17, 15) is 4.79 Å². The quantitative estimate of drug-likeness (QED) is 0.851. The first kappa shape index (κ1) is 11.9. The zero-order valence-electron chi connectivity index (χ0n) is 11.6. The van der Waals surface area contributed by atoms with E-state index in [0.29, 0.717) is 11.0 Å². The Morgan fingerprint density at radius 3 is 3.00 bits per heavy atom. The smallest absolute Gasteiger partial charge is 0.256 e. The van der Waals surface area contributed by atoms with Crippen LogP contribution in [-0.4, -0.2) is 58.9 Å². The number of hydrogen-bond donors (Lipinski definition) is 1. The number of carbonyl (C=O) groups excluding carboxylic acids is 1. The minimum atomic E-state index is 0.120. The molecule has 5 heteroatoms. The summed E-state index contributed by atoms with van der Waals surface area (Å²) in [6, 6.07) is 5.74. The van der Waals surface area contributed by atoms with Crippen molar-refractivity contribution < 1.29 is 4.79 Å². The van der Waals surface area contributed by atoms with E-state index < -0.39 is 0 Å². The molecule has 0 atom stereocenters. The maximum atomic E-state index is 12.7. The number of rotatable bonds is 1. The largest absolute Gasteiger partial charge is 0.345 e. The summed E-state index contributed by atoms with van der Waals surface area (Å²) in [7, 11) is 2.14. The average molecular weight is 270 g/mol. The lowest BCUT2D eigenvalue weighted by Crippen LogP contribution is -2.55. The Bertz CT molecular complexity index is 671. The van der Waals surface area contributed by atoms with E-state index in [0.717, 1.165) is 43.6 Å².